The highest BCUT2D eigenvalue weighted by Gasteiger charge is 2.36. The van der Waals surface area contributed by atoms with Crippen molar-refractivity contribution >= 4 is 194 Å². The van der Waals surface area contributed by atoms with E-state index in [4.69, 9.17) is 58.0 Å². The number of para-hydroxylation sites is 7. The fourth-order valence-electron chi connectivity index (χ4n) is 18.5. The smallest absolute Gasteiger partial charge is 0.223 e. The molecule has 6 heterocycles. The molecule has 0 fully saturated rings. The Balaban J connectivity index is 0.000000100. The molecule has 0 N–H and O–H groups in total. The van der Waals surface area contributed by atoms with Gasteiger partial charge in [-0.25, -0.2) is 49.8 Å². The van der Waals surface area contributed by atoms with Crippen LogP contribution in [-0.2, 0) is 5.41 Å². The molecule has 634 valence electrons. The predicted molar refractivity (Wildman–Crippen MR) is 558 cm³/mol. The van der Waals surface area contributed by atoms with E-state index in [0.717, 1.165) is 144 Å². The van der Waals surface area contributed by atoms with E-state index in [2.05, 4.69) is 336 Å². The molecule has 0 unspecified atom stereocenters. The summed E-state index contributed by atoms with van der Waals surface area (Å²) in [5, 5.41) is 20.8. The van der Waals surface area contributed by atoms with Crippen molar-refractivity contribution in [2.24, 2.45) is 0 Å². The summed E-state index contributed by atoms with van der Waals surface area (Å²) in [6.45, 7) is 12.2. The number of aromatic nitrogens is 11. The maximum Gasteiger partial charge on any atom is 0.223 e. The average molecular weight is 1810 g/mol. The van der Waals surface area contributed by atoms with Gasteiger partial charge in [-0.15, -0.1) is 0 Å². The van der Waals surface area contributed by atoms with Crippen molar-refractivity contribution in [1.29, 1.82) is 0 Å². The summed E-state index contributed by atoms with van der Waals surface area (Å²) in [6, 6.07) is 131. The highest BCUT2D eigenvalue weighted by Crippen LogP contribution is 2.50. The fourth-order valence-corrected chi connectivity index (χ4v) is 19.4. The van der Waals surface area contributed by atoms with Crippen LogP contribution in [0.25, 0.3) is 209 Å². The van der Waals surface area contributed by atoms with Crippen LogP contribution < -0.4 is 0 Å². The minimum Gasteiger partial charge on any atom is -0.309 e. The molecule has 6 aromatic heterocycles. The molecule has 24 aromatic rings. The second kappa shape index (κ2) is 36.1. The molecule has 1 aliphatic rings. The lowest BCUT2D eigenvalue weighted by atomic mass is 9.82. The molecule has 0 bridgehead atoms. The number of halogens is 5. The summed E-state index contributed by atoms with van der Waals surface area (Å²) in [6.07, 6.45) is 5.57. The Labute approximate surface area is 791 Å². The number of nitrogens with zero attached hydrogens (tertiary/aromatic N) is 11. The second-order valence-corrected chi connectivity index (χ2v) is 34.6. The molecule has 1 aliphatic carbocycles. The maximum absolute atomic E-state index is 6.24. The molecule has 0 saturated heterocycles. The first-order chi connectivity index (χ1) is 65.1. The zero-order valence-electron chi connectivity index (χ0n) is 71.8. The van der Waals surface area contributed by atoms with E-state index in [9.17, 15) is 0 Å². The molecule has 0 saturated carbocycles. The Bertz CT molecular complexity index is 8840. The van der Waals surface area contributed by atoms with Crippen molar-refractivity contribution in [3.63, 3.8) is 0 Å². The molecule has 11 nitrogen and oxygen atoms in total. The third-order valence-electron chi connectivity index (χ3n) is 24.7. The Kier molecular flexibility index (Phi) is 22.8. The van der Waals surface area contributed by atoms with Crippen LogP contribution in [0.4, 0.5) is 0 Å². The summed E-state index contributed by atoms with van der Waals surface area (Å²) in [5.74, 6) is 0. The number of allylic oxidation sites excluding steroid dienone is 4. The van der Waals surface area contributed by atoms with Gasteiger partial charge in [-0.3, -0.25) is 0 Å². The first kappa shape index (κ1) is 84.3. The monoisotopic (exact) mass is 1810 g/mol. The van der Waals surface area contributed by atoms with Crippen molar-refractivity contribution in [1.82, 2.24) is 54.4 Å². The summed E-state index contributed by atoms with van der Waals surface area (Å²) >= 11 is 31.0. The molecule has 0 aliphatic heterocycles. The van der Waals surface area contributed by atoms with Gasteiger partial charge in [0, 0.05) is 76.6 Å². The van der Waals surface area contributed by atoms with Crippen LogP contribution in [-0.4, -0.2) is 54.4 Å². The highest BCUT2D eigenvalue weighted by molar-refractivity contribution is 6.31. The second-order valence-electron chi connectivity index (χ2n) is 32.9. The molecule has 25 rings (SSSR count). The van der Waals surface area contributed by atoms with Crippen LogP contribution in [0.5, 0.6) is 0 Å². The van der Waals surface area contributed by atoms with Gasteiger partial charge in [0.1, 0.15) is 0 Å². The van der Waals surface area contributed by atoms with E-state index >= 15 is 0 Å². The number of hydrogen-bond acceptors (Lipinski definition) is 10. The minimum atomic E-state index is -0.0332. The largest absolute Gasteiger partial charge is 0.309 e. The van der Waals surface area contributed by atoms with Crippen molar-refractivity contribution in [2.45, 2.75) is 19.3 Å². The summed E-state index contributed by atoms with van der Waals surface area (Å²) in [5.41, 5.74) is 24.8. The summed E-state index contributed by atoms with van der Waals surface area (Å²) in [7, 11) is 0. The zero-order chi connectivity index (χ0) is 90.4. The Hall–Kier alpha value is -15.6. The van der Waals surface area contributed by atoms with Crippen LogP contribution in [0, 0.1) is 0 Å². The van der Waals surface area contributed by atoms with E-state index in [1.165, 1.54) is 81.6 Å². The van der Waals surface area contributed by atoms with Gasteiger partial charge in [-0.2, -0.15) is 0 Å². The van der Waals surface area contributed by atoms with Gasteiger partial charge < -0.3 is 4.57 Å². The summed E-state index contributed by atoms with van der Waals surface area (Å²) in [4.78, 5) is 44.4. The predicted octanol–water partition coefficient (Wildman–Crippen LogP) is 32.7. The minimum absolute atomic E-state index is 0.0332. The maximum atomic E-state index is 6.24. The lowest BCUT2D eigenvalue weighted by Gasteiger charge is -2.22. The third-order valence-corrected chi connectivity index (χ3v) is 25.5. The quantitative estimate of drug-likeness (QED) is 0.0781. The molecular weight excluding hydrogens is 1740 g/mol. The number of benzene rings is 18. The molecule has 0 atom stereocenters. The van der Waals surface area contributed by atoms with Crippen LogP contribution in [0.3, 0.4) is 0 Å². The van der Waals surface area contributed by atoms with Gasteiger partial charge in [-0.05, 0) is 236 Å². The lowest BCUT2D eigenvalue weighted by molar-refractivity contribution is 0.660. The third kappa shape index (κ3) is 16.3. The average Bonchev–Trinajstić information content (AvgIpc) is 1.56. The van der Waals surface area contributed by atoms with Crippen LogP contribution in [0.1, 0.15) is 30.5 Å². The number of rotatable bonds is 9. The SMILES string of the molecule is C=C/C=C(\C=C)c1ccc2cc(-c3nc(Cl)nc4ccccc34)ccc2c1.CC1(C)c2ccccc2-c2ccc(-c3nc(Cl)nc4ccccc34)cc21.Clc1nc(-c2cc3ccccc3c3ccccc23)c2ccccc2n1.Clc1nc(-c2ccc3c(c2)c2ccccc2n3-c2ccccc2)c2ccccc2n1.Clc1nc(-c2ccc3c(ccc4ccccc43)c2)c2ccccc2n1. The first-order valence-electron chi connectivity index (χ1n) is 43.4. The Morgan fingerprint density at radius 3 is 1.19 bits per heavy atom. The molecule has 0 amide bonds. The van der Waals surface area contributed by atoms with E-state index in [1.807, 2.05) is 140 Å². The van der Waals surface area contributed by atoms with E-state index < -0.39 is 0 Å². The van der Waals surface area contributed by atoms with Crippen LogP contribution in [0.2, 0.25) is 26.4 Å². The highest BCUT2D eigenvalue weighted by atomic mass is 35.5. The van der Waals surface area contributed by atoms with Gasteiger partial charge in [-0.1, -0.05) is 336 Å². The molecular formula is C117H76Cl5N11. The molecule has 18 aromatic carbocycles. The van der Waals surface area contributed by atoms with Gasteiger partial charge in [0.05, 0.1) is 67.1 Å². The Morgan fingerprint density at radius 2 is 0.624 bits per heavy atom. The van der Waals surface area contributed by atoms with Crippen LogP contribution in [0.15, 0.2) is 414 Å². The molecule has 133 heavy (non-hydrogen) atoms. The fraction of sp³-hybridized carbons (Fsp3) is 0.0256. The van der Waals surface area contributed by atoms with Crippen molar-refractivity contribution < 1.29 is 0 Å². The normalized spacial score (nSPS) is 12.0. The zero-order valence-corrected chi connectivity index (χ0v) is 75.6. The van der Waals surface area contributed by atoms with Gasteiger partial charge in [0.2, 0.25) is 26.4 Å². The summed E-state index contributed by atoms with van der Waals surface area (Å²) < 4.78 is 2.31. The molecule has 0 radical (unpaired) electrons. The van der Waals surface area contributed by atoms with Crippen molar-refractivity contribution in [2.75, 3.05) is 0 Å². The number of hydrogen-bond donors (Lipinski definition) is 0. The molecule has 0 spiro atoms. The van der Waals surface area contributed by atoms with E-state index in [0.29, 0.717) is 0 Å². The van der Waals surface area contributed by atoms with E-state index in [-0.39, 0.29) is 31.8 Å². The Morgan fingerprint density at radius 1 is 0.256 bits per heavy atom. The van der Waals surface area contributed by atoms with Gasteiger partial charge in [0.25, 0.3) is 0 Å². The van der Waals surface area contributed by atoms with Crippen LogP contribution >= 0.6 is 58.0 Å². The standard InChI is InChI=1S/C26H16ClN3.C24H17ClN2.C23H17ClN2.2C22H13ClN2/c27-26-28-22-12-6-4-11-20(22)25(29-26)17-14-15-24-21(16-17)19-10-5-7-13-23(19)30(24)18-8-2-1-3-9-18;1-3-7-16(4-2)17-10-11-19-15-20(13-12-18(19)14-17)23-21-8-5-6-9-22(21)26-24(25)27-23;1-23(2)18-9-5-3-7-15(18)16-12-11-14(13-19(16)23)21-17-8-4-6-10-20(17)25-22(24)26-21;23-22-24-20-12-6-5-11-18(20)21(25-22)19-13-14-7-1-2-8-15(14)16-9-3-4-10-17(16)19;23-22-24-20-8-4-3-7-19(20)21(25-22)16-11-12-18-15(13-16)10-9-14-5-1-2-6-17(14)18/h1-16H;3-15H,1-2H2;3-13H,1-2H3;2*1-13H/b;16-7+;;;. The first-order valence-corrected chi connectivity index (χ1v) is 45.3. The van der Waals surface area contributed by atoms with Crippen molar-refractivity contribution in [3.8, 4) is 73.1 Å². The van der Waals surface area contributed by atoms with E-state index in [1.54, 1.807) is 6.08 Å². The van der Waals surface area contributed by atoms with Crippen molar-refractivity contribution in [3.05, 3.63) is 457 Å². The molecule has 16 heteroatoms. The van der Waals surface area contributed by atoms with Gasteiger partial charge >= 0.3 is 0 Å². The number of fused-ring (bicyclic) bond motifs is 18. The van der Waals surface area contributed by atoms with Gasteiger partial charge in [0.15, 0.2) is 0 Å². The lowest BCUT2D eigenvalue weighted by Crippen LogP contribution is -2.14. The topological polar surface area (TPSA) is 134 Å².